The van der Waals surface area contributed by atoms with Gasteiger partial charge in [0.15, 0.2) is 0 Å². The predicted molar refractivity (Wildman–Crippen MR) is 71.0 cm³/mol. The zero-order chi connectivity index (χ0) is 13.7. The van der Waals surface area contributed by atoms with Gasteiger partial charge in [0.2, 0.25) is 0 Å². The Labute approximate surface area is 109 Å². The molecule has 0 bridgehead atoms. The van der Waals surface area contributed by atoms with Gasteiger partial charge in [0, 0.05) is 0 Å². The fraction of sp³-hybridized carbons (Fsp3) is 0. The molecule has 2 aromatic carbocycles. The van der Waals surface area contributed by atoms with Gasteiger partial charge in [0.1, 0.15) is 5.82 Å². The van der Waals surface area contributed by atoms with E-state index in [0.717, 1.165) is 5.56 Å². The monoisotopic (exact) mass is 258 g/mol. The highest BCUT2D eigenvalue weighted by atomic mass is 19.1. The summed E-state index contributed by atoms with van der Waals surface area (Å²) in [5, 5.41) is 12.8. The Morgan fingerprint density at radius 1 is 1.21 bits per heavy atom. The molecule has 0 atom stereocenters. The van der Waals surface area contributed by atoms with E-state index in [9.17, 15) is 9.18 Å². The lowest BCUT2D eigenvalue weighted by molar-refractivity contribution is 0.0697. The minimum atomic E-state index is -0.994. The zero-order valence-electron chi connectivity index (χ0n) is 9.88. The van der Waals surface area contributed by atoms with Crippen LogP contribution < -0.4 is 5.43 Å². The molecule has 2 aromatic rings. The zero-order valence-corrected chi connectivity index (χ0v) is 9.88. The van der Waals surface area contributed by atoms with E-state index in [1.807, 2.05) is 0 Å². The van der Waals surface area contributed by atoms with Crippen LogP contribution in [0, 0.1) is 5.82 Å². The van der Waals surface area contributed by atoms with Crippen molar-refractivity contribution >= 4 is 17.9 Å². The van der Waals surface area contributed by atoms with Crippen molar-refractivity contribution in [3.8, 4) is 0 Å². The maximum atomic E-state index is 12.7. The van der Waals surface area contributed by atoms with E-state index in [-0.39, 0.29) is 11.4 Å². The molecule has 0 aliphatic carbocycles. The Balaban J connectivity index is 2.04. The molecule has 0 aromatic heterocycles. The van der Waals surface area contributed by atoms with Crippen molar-refractivity contribution in [3.05, 3.63) is 65.5 Å². The van der Waals surface area contributed by atoms with Crippen molar-refractivity contribution in [1.82, 2.24) is 0 Å². The minimum Gasteiger partial charge on any atom is -0.478 e. The van der Waals surface area contributed by atoms with Crippen LogP contribution in [-0.4, -0.2) is 17.3 Å². The summed E-state index contributed by atoms with van der Waals surface area (Å²) in [6.07, 6.45) is 1.52. The third kappa shape index (κ3) is 3.64. The molecule has 0 saturated carbocycles. The van der Waals surface area contributed by atoms with Crippen LogP contribution in [-0.2, 0) is 0 Å². The second-order valence-electron chi connectivity index (χ2n) is 3.81. The highest BCUT2D eigenvalue weighted by Crippen LogP contribution is 2.10. The van der Waals surface area contributed by atoms with Crippen LogP contribution in [0.25, 0.3) is 0 Å². The summed E-state index contributed by atoms with van der Waals surface area (Å²) >= 11 is 0. The van der Waals surface area contributed by atoms with E-state index >= 15 is 0 Å². The van der Waals surface area contributed by atoms with E-state index in [0.29, 0.717) is 5.69 Å². The summed E-state index contributed by atoms with van der Waals surface area (Å²) in [6, 6.07) is 12.2. The predicted octanol–water partition coefficient (Wildman–Crippen LogP) is 2.97. The van der Waals surface area contributed by atoms with Crippen LogP contribution >= 0.6 is 0 Å². The molecular weight excluding hydrogens is 247 g/mol. The molecule has 2 N–H and O–H groups in total. The lowest BCUT2D eigenvalue weighted by Crippen LogP contribution is -1.97. The Morgan fingerprint density at radius 2 is 1.95 bits per heavy atom. The molecule has 96 valence electrons. The van der Waals surface area contributed by atoms with Crippen LogP contribution in [0.4, 0.5) is 10.1 Å². The maximum absolute atomic E-state index is 12.7. The van der Waals surface area contributed by atoms with Crippen LogP contribution in [0.2, 0.25) is 0 Å². The van der Waals surface area contributed by atoms with Gasteiger partial charge in [-0.1, -0.05) is 18.2 Å². The van der Waals surface area contributed by atoms with Gasteiger partial charge in [0.25, 0.3) is 0 Å². The molecule has 4 nitrogen and oxygen atoms in total. The fourth-order valence-electron chi connectivity index (χ4n) is 1.45. The molecule has 5 heteroatoms. The number of hydrogen-bond donors (Lipinski definition) is 2. The molecule has 0 fully saturated rings. The van der Waals surface area contributed by atoms with E-state index in [1.54, 1.807) is 24.3 Å². The van der Waals surface area contributed by atoms with Crippen LogP contribution in [0.15, 0.2) is 53.6 Å². The van der Waals surface area contributed by atoms with Crippen LogP contribution in [0.1, 0.15) is 15.9 Å². The van der Waals surface area contributed by atoms with Crippen LogP contribution in [0.5, 0.6) is 0 Å². The van der Waals surface area contributed by atoms with Gasteiger partial charge in [-0.3, -0.25) is 5.43 Å². The third-order valence-electron chi connectivity index (χ3n) is 2.39. The first-order chi connectivity index (χ1) is 9.15. The average molecular weight is 258 g/mol. The number of aromatic carboxylic acids is 1. The number of benzene rings is 2. The van der Waals surface area contributed by atoms with Gasteiger partial charge >= 0.3 is 5.97 Å². The Hall–Kier alpha value is -2.69. The fourth-order valence-corrected chi connectivity index (χ4v) is 1.45. The molecule has 0 radical (unpaired) electrons. The van der Waals surface area contributed by atoms with Gasteiger partial charge in [-0.2, -0.15) is 5.10 Å². The average Bonchev–Trinajstić information content (AvgIpc) is 2.41. The summed E-state index contributed by atoms with van der Waals surface area (Å²) in [5.41, 5.74) is 4.20. The van der Waals surface area contributed by atoms with Crippen molar-refractivity contribution in [2.24, 2.45) is 5.10 Å². The summed E-state index contributed by atoms with van der Waals surface area (Å²) < 4.78 is 12.7. The standard InChI is InChI=1S/C14H11FN2O2/c15-12-6-4-10(5-7-12)9-16-17-13-3-1-2-11(8-13)14(18)19/h1-9,17H,(H,18,19). The number of nitrogens with one attached hydrogen (secondary N) is 1. The number of hydrazone groups is 1. The van der Waals surface area contributed by atoms with E-state index in [2.05, 4.69) is 10.5 Å². The quantitative estimate of drug-likeness (QED) is 0.654. The lowest BCUT2D eigenvalue weighted by Gasteiger charge is -2.01. The molecular formula is C14H11FN2O2. The molecule has 0 heterocycles. The largest absolute Gasteiger partial charge is 0.478 e. The van der Waals surface area contributed by atoms with Gasteiger partial charge in [-0.15, -0.1) is 0 Å². The summed E-state index contributed by atoms with van der Waals surface area (Å²) in [4.78, 5) is 10.8. The first-order valence-electron chi connectivity index (χ1n) is 5.53. The number of carbonyl (C=O) groups is 1. The Morgan fingerprint density at radius 3 is 2.63 bits per heavy atom. The molecule has 0 amide bonds. The highest BCUT2D eigenvalue weighted by Gasteiger charge is 2.01. The van der Waals surface area contributed by atoms with E-state index in [1.165, 1.54) is 30.5 Å². The number of carboxylic acid groups (broad SMARTS) is 1. The van der Waals surface area contributed by atoms with Gasteiger partial charge in [-0.25, -0.2) is 9.18 Å². The van der Waals surface area contributed by atoms with E-state index < -0.39 is 5.97 Å². The first kappa shape index (κ1) is 12.8. The minimum absolute atomic E-state index is 0.182. The number of nitrogens with zero attached hydrogens (tertiary/aromatic N) is 1. The Bertz CT molecular complexity index is 609. The van der Waals surface area contributed by atoms with E-state index in [4.69, 9.17) is 5.11 Å². The molecule has 2 rings (SSSR count). The smallest absolute Gasteiger partial charge is 0.335 e. The number of hydrogen-bond acceptors (Lipinski definition) is 3. The maximum Gasteiger partial charge on any atom is 0.335 e. The molecule has 0 saturated heterocycles. The van der Waals surface area contributed by atoms with Crippen molar-refractivity contribution in [2.75, 3.05) is 5.43 Å². The second-order valence-corrected chi connectivity index (χ2v) is 3.81. The number of carboxylic acids is 1. The lowest BCUT2D eigenvalue weighted by atomic mass is 10.2. The molecule has 19 heavy (non-hydrogen) atoms. The van der Waals surface area contributed by atoms with Crippen molar-refractivity contribution < 1.29 is 14.3 Å². The normalized spacial score (nSPS) is 10.6. The van der Waals surface area contributed by atoms with Gasteiger partial charge in [0.05, 0.1) is 17.5 Å². The second kappa shape index (κ2) is 5.77. The molecule has 0 aliphatic heterocycles. The molecule has 0 unspecified atom stereocenters. The van der Waals surface area contributed by atoms with Gasteiger partial charge < -0.3 is 5.11 Å². The number of halogens is 1. The van der Waals surface area contributed by atoms with Gasteiger partial charge in [-0.05, 0) is 35.9 Å². The Kier molecular flexibility index (Phi) is 3.87. The topological polar surface area (TPSA) is 61.7 Å². The van der Waals surface area contributed by atoms with Crippen molar-refractivity contribution in [3.63, 3.8) is 0 Å². The highest BCUT2D eigenvalue weighted by molar-refractivity contribution is 5.88. The number of anilines is 1. The third-order valence-corrected chi connectivity index (χ3v) is 2.39. The molecule has 0 aliphatic rings. The van der Waals surface area contributed by atoms with Crippen LogP contribution in [0.3, 0.4) is 0 Å². The summed E-state index contributed by atoms with van der Waals surface area (Å²) in [6.45, 7) is 0. The number of rotatable bonds is 4. The first-order valence-corrected chi connectivity index (χ1v) is 5.53. The molecule has 0 spiro atoms. The summed E-state index contributed by atoms with van der Waals surface area (Å²) in [5.74, 6) is -1.30. The van der Waals surface area contributed by atoms with Crippen molar-refractivity contribution in [1.29, 1.82) is 0 Å². The summed E-state index contributed by atoms with van der Waals surface area (Å²) in [7, 11) is 0. The SMILES string of the molecule is O=C(O)c1cccc(NN=Cc2ccc(F)cc2)c1. The van der Waals surface area contributed by atoms with Crippen molar-refractivity contribution in [2.45, 2.75) is 0 Å².